The number of H-pyrrole nitrogens is 1. The topological polar surface area (TPSA) is 114 Å². The number of aromatic nitrogens is 1. The van der Waals surface area contributed by atoms with E-state index in [9.17, 15) is 14.9 Å². The fourth-order valence-corrected chi connectivity index (χ4v) is 1.61. The summed E-state index contributed by atoms with van der Waals surface area (Å²) in [6, 6.07) is 8.05. The van der Waals surface area contributed by atoms with E-state index in [0.29, 0.717) is 5.69 Å². The first-order valence-electron chi connectivity index (χ1n) is 6.03. The molecule has 4 N–H and O–H groups in total. The van der Waals surface area contributed by atoms with E-state index in [4.69, 9.17) is 5.73 Å². The Hall–Kier alpha value is -3.11. The highest BCUT2D eigenvalue weighted by atomic mass is 16.6. The van der Waals surface area contributed by atoms with Crippen LogP contribution in [0, 0.1) is 22.0 Å². The first kappa shape index (κ1) is 14.3. The summed E-state index contributed by atoms with van der Waals surface area (Å²) < 4.78 is 0. The third-order valence-corrected chi connectivity index (χ3v) is 2.60. The molecule has 0 bridgehead atoms. The van der Waals surface area contributed by atoms with Crippen LogP contribution in [0.5, 0.6) is 0 Å². The van der Waals surface area contributed by atoms with Crippen molar-refractivity contribution in [2.75, 3.05) is 11.9 Å². The zero-order valence-corrected chi connectivity index (χ0v) is 10.9. The molecule has 0 aliphatic rings. The van der Waals surface area contributed by atoms with Gasteiger partial charge in [-0.3, -0.25) is 14.9 Å². The molecule has 0 aliphatic carbocycles. The minimum atomic E-state index is -0.571. The van der Waals surface area contributed by atoms with Crippen LogP contribution in [0.25, 0.3) is 0 Å². The van der Waals surface area contributed by atoms with Crippen molar-refractivity contribution in [3.63, 3.8) is 0 Å². The number of carbonyl (C=O) groups is 1. The highest BCUT2D eigenvalue weighted by molar-refractivity contribution is 6.03. The maximum Gasteiger partial charge on any atom is 0.287 e. The normalized spacial score (nSPS) is 9.57. The first-order chi connectivity index (χ1) is 10.1. The fraction of sp³-hybridized carbons (Fsp3) is 0.0714. The zero-order chi connectivity index (χ0) is 15.2. The van der Waals surface area contributed by atoms with E-state index in [1.165, 1.54) is 12.3 Å². The van der Waals surface area contributed by atoms with E-state index in [2.05, 4.69) is 22.1 Å². The van der Waals surface area contributed by atoms with Crippen LogP contribution in [0.3, 0.4) is 0 Å². The summed E-state index contributed by atoms with van der Waals surface area (Å²) >= 11 is 0. The number of hydrogen-bond donors (Lipinski definition) is 3. The van der Waals surface area contributed by atoms with Crippen molar-refractivity contribution in [2.45, 2.75) is 0 Å². The van der Waals surface area contributed by atoms with Gasteiger partial charge in [-0.25, -0.2) is 0 Å². The summed E-state index contributed by atoms with van der Waals surface area (Å²) in [7, 11) is 0. The smallest absolute Gasteiger partial charge is 0.287 e. The van der Waals surface area contributed by atoms with Crippen LogP contribution in [-0.2, 0) is 0 Å². The Labute approximate surface area is 120 Å². The maximum atomic E-state index is 11.9. The lowest BCUT2D eigenvalue weighted by molar-refractivity contribution is -0.384. The van der Waals surface area contributed by atoms with Crippen LogP contribution in [0.2, 0.25) is 0 Å². The molecule has 2 rings (SSSR count). The predicted octanol–water partition coefficient (Wildman–Crippen LogP) is 1.49. The number of hydrogen-bond acceptors (Lipinski definition) is 4. The van der Waals surface area contributed by atoms with E-state index in [-0.39, 0.29) is 17.9 Å². The number of anilines is 1. The van der Waals surface area contributed by atoms with Gasteiger partial charge in [0, 0.05) is 17.3 Å². The third kappa shape index (κ3) is 3.68. The molecule has 0 fully saturated rings. The van der Waals surface area contributed by atoms with Gasteiger partial charge in [-0.2, -0.15) is 0 Å². The molecule has 1 aromatic carbocycles. The maximum absolute atomic E-state index is 11.9. The Balaban J connectivity index is 2.06. The molecule has 0 atom stereocenters. The average Bonchev–Trinajstić information content (AvgIpc) is 2.97. The van der Waals surface area contributed by atoms with Crippen molar-refractivity contribution in [1.29, 1.82) is 0 Å². The average molecular weight is 284 g/mol. The number of amides is 1. The third-order valence-electron chi connectivity index (χ3n) is 2.60. The monoisotopic (exact) mass is 284 g/mol. The van der Waals surface area contributed by atoms with Crippen molar-refractivity contribution in [1.82, 2.24) is 4.98 Å². The summed E-state index contributed by atoms with van der Waals surface area (Å²) in [4.78, 5) is 24.4. The molecule has 0 unspecified atom stereocenters. The van der Waals surface area contributed by atoms with Gasteiger partial charge in [-0.05, 0) is 24.3 Å². The number of nitrogens with two attached hydrogens (primary N) is 1. The van der Waals surface area contributed by atoms with Gasteiger partial charge in [0.15, 0.2) is 0 Å². The molecule has 2 aromatic rings. The number of carbonyl (C=O) groups excluding carboxylic acids is 1. The summed E-state index contributed by atoms with van der Waals surface area (Å²) in [6.45, 7) is 0.282. The summed E-state index contributed by atoms with van der Waals surface area (Å²) in [5, 5.41) is 13.2. The molecular formula is C14H12N4O3. The van der Waals surface area contributed by atoms with Gasteiger partial charge in [-0.1, -0.05) is 11.8 Å². The molecule has 1 amide bonds. The van der Waals surface area contributed by atoms with Crippen LogP contribution in [0.15, 0.2) is 36.5 Å². The quantitative estimate of drug-likeness (QED) is 0.450. The SMILES string of the molecule is NCC#Cc1ccc(NC(=O)c2cc([N+](=O)[O-])c[nH]2)cc1. The lowest BCUT2D eigenvalue weighted by Gasteiger charge is -2.03. The molecule has 1 aromatic heterocycles. The second-order valence-electron chi connectivity index (χ2n) is 4.07. The van der Waals surface area contributed by atoms with Gasteiger partial charge in [0.1, 0.15) is 5.69 Å². The second kappa shape index (κ2) is 6.36. The molecule has 1 heterocycles. The van der Waals surface area contributed by atoms with E-state index < -0.39 is 10.8 Å². The number of nitro groups is 1. The van der Waals surface area contributed by atoms with Crippen LogP contribution in [0.4, 0.5) is 11.4 Å². The van der Waals surface area contributed by atoms with Gasteiger partial charge >= 0.3 is 0 Å². The lowest BCUT2D eigenvalue weighted by atomic mass is 10.2. The number of aromatic amines is 1. The predicted molar refractivity (Wildman–Crippen MR) is 77.8 cm³/mol. The Kier molecular flexibility index (Phi) is 4.33. The van der Waals surface area contributed by atoms with E-state index in [1.54, 1.807) is 24.3 Å². The molecule has 7 heteroatoms. The Morgan fingerprint density at radius 3 is 2.67 bits per heavy atom. The Bertz CT molecular complexity index is 723. The Morgan fingerprint density at radius 1 is 1.38 bits per heavy atom. The van der Waals surface area contributed by atoms with Crippen molar-refractivity contribution in [3.8, 4) is 11.8 Å². The molecule has 0 radical (unpaired) electrons. The fourth-order valence-electron chi connectivity index (χ4n) is 1.61. The molecule has 0 aliphatic heterocycles. The minimum absolute atomic E-state index is 0.119. The van der Waals surface area contributed by atoms with Crippen molar-refractivity contribution in [2.24, 2.45) is 5.73 Å². The van der Waals surface area contributed by atoms with Crippen LogP contribution in [-0.4, -0.2) is 22.4 Å². The summed E-state index contributed by atoms with van der Waals surface area (Å²) in [6.07, 6.45) is 1.17. The number of nitrogens with one attached hydrogen (secondary N) is 2. The molecule has 0 spiro atoms. The molecule has 106 valence electrons. The molecular weight excluding hydrogens is 272 g/mol. The molecule has 7 nitrogen and oxygen atoms in total. The van der Waals surface area contributed by atoms with E-state index >= 15 is 0 Å². The molecule has 0 saturated carbocycles. The van der Waals surface area contributed by atoms with Crippen molar-refractivity contribution >= 4 is 17.3 Å². The summed E-state index contributed by atoms with van der Waals surface area (Å²) in [5.41, 5.74) is 6.59. The largest absolute Gasteiger partial charge is 0.351 e. The van der Waals surface area contributed by atoms with E-state index in [1.807, 2.05) is 0 Å². The van der Waals surface area contributed by atoms with Crippen LogP contribution >= 0.6 is 0 Å². The van der Waals surface area contributed by atoms with E-state index in [0.717, 1.165) is 5.56 Å². The van der Waals surface area contributed by atoms with Gasteiger partial charge < -0.3 is 16.0 Å². The number of nitrogens with zero attached hydrogens (tertiary/aromatic N) is 1. The van der Waals surface area contributed by atoms with Gasteiger partial charge in [-0.15, -0.1) is 0 Å². The Morgan fingerprint density at radius 2 is 2.10 bits per heavy atom. The van der Waals surface area contributed by atoms with Crippen molar-refractivity contribution < 1.29 is 9.72 Å². The molecule has 21 heavy (non-hydrogen) atoms. The zero-order valence-electron chi connectivity index (χ0n) is 10.9. The highest BCUT2D eigenvalue weighted by Gasteiger charge is 2.14. The summed E-state index contributed by atoms with van der Waals surface area (Å²) in [5.74, 6) is 5.13. The van der Waals surface area contributed by atoms with Gasteiger partial charge in [0.2, 0.25) is 0 Å². The van der Waals surface area contributed by atoms with Crippen molar-refractivity contribution in [3.05, 3.63) is 57.9 Å². The van der Waals surface area contributed by atoms with Crippen LogP contribution in [0.1, 0.15) is 16.1 Å². The number of benzene rings is 1. The van der Waals surface area contributed by atoms with Crippen LogP contribution < -0.4 is 11.1 Å². The number of rotatable bonds is 3. The second-order valence-corrected chi connectivity index (χ2v) is 4.07. The minimum Gasteiger partial charge on any atom is -0.351 e. The molecule has 0 saturated heterocycles. The highest BCUT2D eigenvalue weighted by Crippen LogP contribution is 2.14. The standard InChI is InChI=1S/C14H12N4O3/c15-7-1-2-10-3-5-11(6-4-10)17-14(19)13-8-12(9-16-13)18(20)21/h3-6,8-9,16H,7,15H2,(H,17,19). The van der Waals surface area contributed by atoms with Gasteiger partial charge in [0.05, 0.1) is 17.7 Å². The first-order valence-corrected chi connectivity index (χ1v) is 6.03. The van der Waals surface area contributed by atoms with Gasteiger partial charge in [0.25, 0.3) is 11.6 Å². The lowest BCUT2D eigenvalue weighted by Crippen LogP contribution is -2.12.